The zero-order chi connectivity index (χ0) is 25.2. The monoisotopic (exact) mass is 477 g/mol. The minimum atomic E-state index is -1.64. The Balaban J connectivity index is 1.55. The summed E-state index contributed by atoms with van der Waals surface area (Å²) in [4.78, 5) is 27.2. The first-order chi connectivity index (χ1) is 16.7. The topological polar surface area (TPSA) is 81.7 Å². The fraction of sp³-hybridized carbons (Fsp3) is 0.185. The molecule has 3 N–H and O–H groups in total. The fourth-order valence-corrected chi connectivity index (χ4v) is 4.20. The molecule has 0 saturated heterocycles. The lowest BCUT2D eigenvalue weighted by atomic mass is 9.80. The molecular formula is C27H25F2N3O3. The molecule has 3 aromatic rings. The number of benzene rings is 3. The molecule has 1 heterocycles. The Morgan fingerprint density at radius 2 is 1.63 bits per heavy atom. The third-order valence-electron chi connectivity index (χ3n) is 5.89. The van der Waals surface area contributed by atoms with E-state index in [1.165, 1.54) is 6.92 Å². The van der Waals surface area contributed by atoms with Crippen molar-refractivity contribution in [3.8, 4) is 0 Å². The minimum Gasteiger partial charge on any atom is -0.374 e. The van der Waals surface area contributed by atoms with Crippen molar-refractivity contribution >= 4 is 17.5 Å². The van der Waals surface area contributed by atoms with Crippen LogP contribution in [0.4, 0.5) is 14.5 Å². The first-order valence-electron chi connectivity index (χ1n) is 11.1. The molecule has 0 aliphatic carbocycles. The number of nitrogens with one attached hydrogen (secondary N) is 2. The van der Waals surface area contributed by atoms with Gasteiger partial charge in [-0.3, -0.25) is 9.59 Å². The maximum absolute atomic E-state index is 13.4. The summed E-state index contributed by atoms with van der Waals surface area (Å²) < 4.78 is 26.8. The van der Waals surface area contributed by atoms with Crippen molar-refractivity contribution in [2.45, 2.75) is 25.0 Å². The Morgan fingerprint density at radius 3 is 2.31 bits per heavy atom. The Hall–Kier alpha value is -4.04. The molecule has 0 fully saturated rings. The van der Waals surface area contributed by atoms with Gasteiger partial charge in [0, 0.05) is 30.6 Å². The van der Waals surface area contributed by atoms with Crippen LogP contribution in [-0.4, -0.2) is 30.0 Å². The standard InChI is InChI=1S/C27H25F2N3O3/c1-17(30-25(33)14-18-12-20(28)15-21(29)13-18)26(34)31-24-16-32(2)23-11-7-6-10-22(23)27(24,35)19-8-4-3-5-9-19/h3-13,15-17,35H,14H2,1-2H3,(H,30,33)(H,31,34)/t17-,27?/m0/s1. The lowest BCUT2D eigenvalue weighted by molar-refractivity contribution is -0.128. The van der Waals surface area contributed by atoms with Crippen molar-refractivity contribution in [3.05, 3.63) is 113 Å². The lowest BCUT2D eigenvalue weighted by Gasteiger charge is -2.39. The Morgan fingerprint density at radius 1 is 1.00 bits per heavy atom. The zero-order valence-electron chi connectivity index (χ0n) is 19.3. The second-order valence-corrected chi connectivity index (χ2v) is 8.48. The van der Waals surface area contributed by atoms with Crippen LogP contribution < -0.4 is 15.5 Å². The van der Waals surface area contributed by atoms with Crippen LogP contribution in [0.1, 0.15) is 23.6 Å². The maximum atomic E-state index is 13.4. The maximum Gasteiger partial charge on any atom is 0.246 e. The summed E-state index contributed by atoms with van der Waals surface area (Å²) in [5, 5.41) is 17.3. The first kappa shape index (κ1) is 24.1. The SMILES string of the molecule is C[C@H](NC(=O)Cc1cc(F)cc(F)c1)C(=O)NC1=CN(C)c2ccccc2C1(O)c1ccccc1. The Labute approximate surface area is 201 Å². The fourth-order valence-electron chi connectivity index (χ4n) is 4.20. The van der Waals surface area contributed by atoms with E-state index < -0.39 is 35.1 Å². The van der Waals surface area contributed by atoms with Crippen molar-refractivity contribution in [1.29, 1.82) is 0 Å². The first-order valence-corrected chi connectivity index (χ1v) is 11.1. The van der Waals surface area contributed by atoms with Crippen LogP contribution in [0.15, 0.2) is 84.7 Å². The Bertz CT molecular complexity index is 1280. The van der Waals surface area contributed by atoms with Crippen molar-refractivity contribution in [1.82, 2.24) is 10.6 Å². The van der Waals surface area contributed by atoms with Gasteiger partial charge in [-0.25, -0.2) is 8.78 Å². The summed E-state index contributed by atoms with van der Waals surface area (Å²) in [6.07, 6.45) is 1.34. The van der Waals surface area contributed by atoms with E-state index in [-0.39, 0.29) is 17.7 Å². The van der Waals surface area contributed by atoms with E-state index in [9.17, 15) is 23.5 Å². The van der Waals surface area contributed by atoms with E-state index in [1.807, 2.05) is 24.3 Å². The van der Waals surface area contributed by atoms with E-state index in [0.717, 1.165) is 23.9 Å². The van der Waals surface area contributed by atoms with E-state index in [2.05, 4.69) is 10.6 Å². The number of anilines is 1. The predicted octanol–water partition coefficient (Wildman–Crippen LogP) is 3.36. The number of carbonyl (C=O) groups is 2. The molecule has 0 bridgehead atoms. The molecule has 35 heavy (non-hydrogen) atoms. The third kappa shape index (κ3) is 4.93. The number of hydrogen-bond donors (Lipinski definition) is 3. The van der Waals surface area contributed by atoms with Crippen LogP contribution in [-0.2, 0) is 21.6 Å². The average molecular weight is 478 g/mol. The van der Waals surface area contributed by atoms with Crippen LogP contribution in [0.3, 0.4) is 0 Å². The molecule has 3 aromatic carbocycles. The smallest absolute Gasteiger partial charge is 0.246 e. The number of halogens is 2. The number of aliphatic hydroxyl groups is 1. The van der Waals surface area contributed by atoms with Crippen LogP contribution in [0.5, 0.6) is 0 Å². The van der Waals surface area contributed by atoms with Crippen molar-refractivity contribution < 1.29 is 23.5 Å². The number of rotatable bonds is 6. The van der Waals surface area contributed by atoms with Gasteiger partial charge >= 0.3 is 0 Å². The second kappa shape index (κ2) is 9.68. The highest BCUT2D eigenvalue weighted by Gasteiger charge is 2.42. The number of nitrogens with zero attached hydrogens (tertiary/aromatic N) is 1. The van der Waals surface area contributed by atoms with E-state index in [1.54, 1.807) is 48.5 Å². The largest absolute Gasteiger partial charge is 0.374 e. The molecule has 1 aliphatic heterocycles. The van der Waals surface area contributed by atoms with Gasteiger partial charge in [-0.1, -0.05) is 48.5 Å². The highest BCUT2D eigenvalue weighted by Crippen LogP contribution is 2.43. The molecule has 6 nitrogen and oxygen atoms in total. The van der Waals surface area contributed by atoms with Crippen LogP contribution in [0, 0.1) is 11.6 Å². The molecule has 8 heteroatoms. The van der Waals surface area contributed by atoms with Crippen molar-refractivity contribution in [2.24, 2.45) is 0 Å². The van der Waals surface area contributed by atoms with Gasteiger partial charge < -0.3 is 20.6 Å². The van der Waals surface area contributed by atoms with Crippen LogP contribution >= 0.6 is 0 Å². The minimum absolute atomic E-state index is 0.152. The summed E-state index contributed by atoms with van der Waals surface area (Å²) >= 11 is 0. The van der Waals surface area contributed by atoms with Gasteiger partial charge in [-0.05, 0) is 36.2 Å². The summed E-state index contributed by atoms with van der Waals surface area (Å²) in [6.45, 7) is 1.49. The van der Waals surface area contributed by atoms with Gasteiger partial charge in [0.05, 0.1) is 12.1 Å². The number of amides is 2. The van der Waals surface area contributed by atoms with E-state index in [0.29, 0.717) is 11.1 Å². The van der Waals surface area contributed by atoms with E-state index >= 15 is 0 Å². The molecule has 2 atom stereocenters. The molecule has 1 unspecified atom stereocenters. The molecule has 1 aliphatic rings. The van der Waals surface area contributed by atoms with Gasteiger partial charge in [0.15, 0.2) is 5.60 Å². The van der Waals surface area contributed by atoms with E-state index in [4.69, 9.17) is 0 Å². The van der Waals surface area contributed by atoms with Crippen LogP contribution in [0.25, 0.3) is 0 Å². The summed E-state index contributed by atoms with van der Waals surface area (Å²) in [5.41, 5.74) is 0.680. The zero-order valence-corrected chi connectivity index (χ0v) is 19.3. The quantitative estimate of drug-likeness (QED) is 0.509. The van der Waals surface area contributed by atoms with Crippen molar-refractivity contribution in [3.63, 3.8) is 0 Å². The molecular weight excluding hydrogens is 452 g/mol. The third-order valence-corrected chi connectivity index (χ3v) is 5.89. The summed E-state index contributed by atoms with van der Waals surface area (Å²) in [6, 6.07) is 18.2. The Kier molecular flexibility index (Phi) is 6.66. The molecule has 0 aromatic heterocycles. The molecule has 0 radical (unpaired) electrons. The summed E-state index contributed by atoms with van der Waals surface area (Å²) in [7, 11) is 1.80. The normalized spacial score (nSPS) is 17.7. The van der Waals surface area contributed by atoms with Gasteiger partial charge in [0.1, 0.15) is 17.7 Å². The molecule has 0 spiro atoms. The second-order valence-electron chi connectivity index (χ2n) is 8.48. The average Bonchev–Trinajstić information content (AvgIpc) is 2.82. The highest BCUT2D eigenvalue weighted by atomic mass is 19.1. The summed E-state index contributed by atoms with van der Waals surface area (Å²) in [5.74, 6) is -2.70. The molecule has 180 valence electrons. The molecule has 0 saturated carbocycles. The van der Waals surface area contributed by atoms with Gasteiger partial charge in [-0.2, -0.15) is 0 Å². The van der Waals surface area contributed by atoms with Gasteiger partial charge in [-0.15, -0.1) is 0 Å². The molecule has 4 rings (SSSR count). The number of hydrogen-bond acceptors (Lipinski definition) is 4. The lowest BCUT2D eigenvalue weighted by Crippen LogP contribution is -2.50. The number of para-hydroxylation sites is 1. The van der Waals surface area contributed by atoms with Gasteiger partial charge in [0.25, 0.3) is 0 Å². The van der Waals surface area contributed by atoms with Crippen LogP contribution in [0.2, 0.25) is 0 Å². The number of carbonyl (C=O) groups excluding carboxylic acids is 2. The predicted molar refractivity (Wildman–Crippen MR) is 128 cm³/mol. The highest BCUT2D eigenvalue weighted by molar-refractivity contribution is 5.89. The molecule has 2 amide bonds. The van der Waals surface area contributed by atoms with Crippen molar-refractivity contribution in [2.75, 3.05) is 11.9 Å². The van der Waals surface area contributed by atoms with Gasteiger partial charge in [0.2, 0.25) is 11.8 Å². The number of fused-ring (bicyclic) bond motifs is 1.